The topological polar surface area (TPSA) is 14.2 Å². The Morgan fingerprint density at radius 1 is 1.27 bits per heavy atom. The van der Waals surface area contributed by atoms with Gasteiger partial charge in [0.2, 0.25) is 0 Å². The van der Waals surface area contributed by atoms with Gasteiger partial charge in [-0.05, 0) is 29.8 Å². The fraction of sp³-hybridized carbons (Fsp3) is 0.167. The Morgan fingerprint density at radius 2 is 2.00 bits per heavy atom. The summed E-state index contributed by atoms with van der Waals surface area (Å²) in [5, 5.41) is 0. The number of benzene rings is 1. The standard InChI is InChI=1S/C12H12BrNO/c1-15-9-10-4-5-11(8-12(10)13)14-6-2-3-7-14/h2-8H,9H2,1H3. The lowest BCUT2D eigenvalue weighted by Crippen LogP contribution is -1.93. The van der Waals surface area contributed by atoms with E-state index in [-0.39, 0.29) is 0 Å². The van der Waals surface area contributed by atoms with Gasteiger partial charge in [-0.15, -0.1) is 0 Å². The predicted octanol–water partition coefficient (Wildman–Crippen LogP) is 3.39. The van der Waals surface area contributed by atoms with Gasteiger partial charge in [0.15, 0.2) is 0 Å². The maximum Gasteiger partial charge on any atom is 0.0724 e. The van der Waals surface area contributed by atoms with Crippen LogP contribution in [0.15, 0.2) is 47.2 Å². The third-order valence-electron chi connectivity index (χ3n) is 2.24. The lowest BCUT2D eigenvalue weighted by molar-refractivity contribution is 0.184. The van der Waals surface area contributed by atoms with Crippen molar-refractivity contribution in [1.29, 1.82) is 0 Å². The molecule has 0 aliphatic heterocycles. The van der Waals surface area contributed by atoms with E-state index in [1.807, 2.05) is 24.5 Å². The SMILES string of the molecule is COCc1ccc(-n2cccc2)cc1Br. The van der Waals surface area contributed by atoms with Crippen LogP contribution in [0, 0.1) is 0 Å². The predicted molar refractivity (Wildman–Crippen MR) is 64.2 cm³/mol. The van der Waals surface area contributed by atoms with Crippen LogP contribution in [0.25, 0.3) is 5.69 Å². The molecule has 3 heteroatoms. The van der Waals surface area contributed by atoms with Crippen LogP contribution in [0.4, 0.5) is 0 Å². The summed E-state index contributed by atoms with van der Waals surface area (Å²) >= 11 is 3.54. The number of hydrogen-bond acceptors (Lipinski definition) is 1. The van der Waals surface area contributed by atoms with Crippen molar-refractivity contribution in [2.24, 2.45) is 0 Å². The number of aromatic nitrogens is 1. The smallest absolute Gasteiger partial charge is 0.0724 e. The molecule has 0 unspecified atom stereocenters. The van der Waals surface area contributed by atoms with Gasteiger partial charge in [-0.25, -0.2) is 0 Å². The molecule has 1 heterocycles. The number of rotatable bonds is 3. The third-order valence-corrected chi connectivity index (χ3v) is 2.98. The third kappa shape index (κ3) is 2.30. The number of ether oxygens (including phenoxy) is 1. The highest BCUT2D eigenvalue weighted by Crippen LogP contribution is 2.21. The summed E-state index contributed by atoms with van der Waals surface area (Å²) in [6.07, 6.45) is 4.05. The van der Waals surface area contributed by atoms with Gasteiger partial charge in [-0.2, -0.15) is 0 Å². The van der Waals surface area contributed by atoms with Crippen LogP contribution in [0.3, 0.4) is 0 Å². The van der Waals surface area contributed by atoms with E-state index in [1.54, 1.807) is 7.11 Å². The first-order valence-electron chi connectivity index (χ1n) is 4.72. The zero-order chi connectivity index (χ0) is 10.7. The van der Waals surface area contributed by atoms with E-state index in [9.17, 15) is 0 Å². The summed E-state index contributed by atoms with van der Waals surface area (Å²) in [7, 11) is 1.70. The van der Waals surface area contributed by atoms with Crippen molar-refractivity contribution in [3.8, 4) is 5.69 Å². The highest BCUT2D eigenvalue weighted by atomic mass is 79.9. The zero-order valence-electron chi connectivity index (χ0n) is 8.48. The molecule has 0 saturated heterocycles. The Morgan fingerprint density at radius 3 is 2.60 bits per heavy atom. The first-order valence-corrected chi connectivity index (χ1v) is 5.51. The average molecular weight is 266 g/mol. The zero-order valence-corrected chi connectivity index (χ0v) is 10.1. The molecule has 0 atom stereocenters. The van der Waals surface area contributed by atoms with Crippen LogP contribution >= 0.6 is 15.9 Å². The van der Waals surface area contributed by atoms with Crippen molar-refractivity contribution >= 4 is 15.9 Å². The van der Waals surface area contributed by atoms with E-state index in [2.05, 4.69) is 38.7 Å². The van der Waals surface area contributed by atoms with E-state index in [0.29, 0.717) is 6.61 Å². The minimum atomic E-state index is 0.631. The molecule has 0 aliphatic rings. The number of nitrogens with zero attached hydrogens (tertiary/aromatic N) is 1. The maximum absolute atomic E-state index is 5.10. The average Bonchev–Trinajstić information content (AvgIpc) is 2.74. The molecule has 2 aromatic rings. The summed E-state index contributed by atoms with van der Waals surface area (Å²) in [5.41, 5.74) is 2.31. The monoisotopic (exact) mass is 265 g/mol. The second kappa shape index (κ2) is 4.64. The van der Waals surface area contributed by atoms with Crippen molar-refractivity contribution in [3.63, 3.8) is 0 Å². The molecule has 0 amide bonds. The number of hydrogen-bond donors (Lipinski definition) is 0. The molecule has 0 fully saturated rings. The highest BCUT2D eigenvalue weighted by Gasteiger charge is 2.01. The minimum Gasteiger partial charge on any atom is -0.380 e. The van der Waals surface area contributed by atoms with Gasteiger partial charge in [0.05, 0.1) is 6.61 Å². The van der Waals surface area contributed by atoms with E-state index in [0.717, 1.165) is 15.7 Å². The van der Waals surface area contributed by atoms with Gasteiger partial charge in [0.25, 0.3) is 0 Å². The molecule has 0 N–H and O–H groups in total. The molecule has 1 aromatic heterocycles. The number of halogens is 1. The second-order valence-electron chi connectivity index (χ2n) is 3.30. The van der Waals surface area contributed by atoms with Gasteiger partial charge >= 0.3 is 0 Å². The highest BCUT2D eigenvalue weighted by molar-refractivity contribution is 9.10. The van der Waals surface area contributed by atoms with Gasteiger partial charge in [0.1, 0.15) is 0 Å². The summed E-state index contributed by atoms with van der Waals surface area (Å²) in [4.78, 5) is 0. The lowest BCUT2D eigenvalue weighted by atomic mass is 10.2. The Hall–Kier alpha value is -1.06. The molecular weight excluding hydrogens is 254 g/mol. The second-order valence-corrected chi connectivity index (χ2v) is 4.15. The van der Waals surface area contributed by atoms with Crippen molar-refractivity contribution in [2.45, 2.75) is 6.61 Å². The molecule has 1 aromatic carbocycles. The molecule has 0 saturated carbocycles. The number of methoxy groups -OCH3 is 1. The Balaban J connectivity index is 2.33. The molecule has 0 bridgehead atoms. The van der Waals surface area contributed by atoms with Gasteiger partial charge in [-0.1, -0.05) is 22.0 Å². The van der Waals surface area contributed by atoms with Gasteiger partial charge < -0.3 is 9.30 Å². The Kier molecular flexibility index (Phi) is 3.23. The Bertz CT molecular complexity index is 437. The van der Waals surface area contributed by atoms with Crippen LogP contribution in [0.2, 0.25) is 0 Å². The van der Waals surface area contributed by atoms with Crippen molar-refractivity contribution in [1.82, 2.24) is 4.57 Å². The fourth-order valence-corrected chi connectivity index (χ4v) is 1.96. The van der Waals surface area contributed by atoms with E-state index >= 15 is 0 Å². The van der Waals surface area contributed by atoms with Crippen LogP contribution in [0.5, 0.6) is 0 Å². The molecular formula is C12H12BrNO. The first-order chi connectivity index (χ1) is 7.31. The molecule has 0 spiro atoms. The molecule has 2 rings (SSSR count). The van der Waals surface area contributed by atoms with E-state index < -0.39 is 0 Å². The van der Waals surface area contributed by atoms with E-state index in [1.165, 1.54) is 0 Å². The fourth-order valence-electron chi connectivity index (χ4n) is 1.48. The molecule has 0 radical (unpaired) electrons. The van der Waals surface area contributed by atoms with Crippen LogP contribution in [-0.4, -0.2) is 11.7 Å². The van der Waals surface area contributed by atoms with Crippen molar-refractivity contribution < 1.29 is 4.74 Å². The van der Waals surface area contributed by atoms with Crippen LogP contribution in [-0.2, 0) is 11.3 Å². The largest absolute Gasteiger partial charge is 0.380 e. The van der Waals surface area contributed by atoms with Gasteiger partial charge in [-0.3, -0.25) is 0 Å². The van der Waals surface area contributed by atoms with Crippen LogP contribution in [0.1, 0.15) is 5.56 Å². The molecule has 0 aliphatic carbocycles. The van der Waals surface area contributed by atoms with Crippen LogP contribution < -0.4 is 0 Å². The summed E-state index contributed by atoms with van der Waals surface area (Å²) in [6, 6.07) is 10.3. The van der Waals surface area contributed by atoms with E-state index in [4.69, 9.17) is 4.74 Å². The summed E-state index contributed by atoms with van der Waals surface area (Å²) < 4.78 is 8.25. The van der Waals surface area contributed by atoms with Crippen molar-refractivity contribution in [2.75, 3.05) is 7.11 Å². The quantitative estimate of drug-likeness (QED) is 0.830. The lowest BCUT2D eigenvalue weighted by Gasteiger charge is -2.07. The summed E-state index contributed by atoms with van der Waals surface area (Å²) in [6.45, 7) is 0.631. The molecule has 15 heavy (non-hydrogen) atoms. The normalized spacial score (nSPS) is 10.5. The first kappa shape index (κ1) is 10.5. The Labute approximate surface area is 97.6 Å². The van der Waals surface area contributed by atoms with Crippen molar-refractivity contribution in [3.05, 3.63) is 52.8 Å². The molecule has 78 valence electrons. The molecule has 2 nitrogen and oxygen atoms in total. The minimum absolute atomic E-state index is 0.631. The van der Waals surface area contributed by atoms with Gasteiger partial charge in [0, 0.05) is 29.7 Å². The maximum atomic E-state index is 5.10. The summed E-state index contributed by atoms with van der Waals surface area (Å²) in [5.74, 6) is 0.